The Morgan fingerprint density at radius 1 is 1.50 bits per heavy atom. The van der Waals surface area contributed by atoms with Crippen LogP contribution in [0.2, 0.25) is 0 Å². The van der Waals surface area contributed by atoms with Crippen molar-refractivity contribution < 1.29 is 18.7 Å². The van der Waals surface area contributed by atoms with Crippen LogP contribution in [-0.2, 0) is 0 Å². The smallest absolute Gasteiger partial charge is 0.254 e. The van der Waals surface area contributed by atoms with Gasteiger partial charge in [-0.2, -0.15) is 0 Å². The highest BCUT2D eigenvalue weighted by atomic mass is 19.1. The third-order valence-electron chi connectivity index (χ3n) is 2.43. The van der Waals surface area contributed by atoms with E-state index in [0.29, 0.717) is 6.42 Å². The SMILES string of the molecule is CCCC(O)CNC(=O)c1cc(F)cc(N)c1F. The van der Waals surface area contributed by atoms with Gasteiger partial charge in [0.1, 0.15) is 5.82 Å². The molecule has 4 nitrogen and oxygen atoms in total. The van der Waals surface area contributed by atoms with Crippen LogP contribution in [-0.4, -0.2) is 23.7 Å². The van der Waals surface area contributed by atoms with Gasteiger partial charge in [0.25, 0.3) is 5.91 Å². The second-order valence-corrected chi connectivity index (χ2v) is 4.01. The first-order valence-electron chi connectivity index (χ1n) is 5.66. The molecular formula is C12H16F2N2O2. The van der Waals surface area contributed by atoms with E-state index in [9.17, 15) is 18.7 Å². The van der Waals surface area contributed by atoms with Gasteiger partial charge >= 0.3 is 0 Å². The van der Waals surface area contributed by atoms with E-state index in [4.69, 9.17) is 5.73 Å². The minimum atomic E-state index is -0.959. The van der Waals surface area contributed by atoms with E-state index in [2.05, 4.69) is 5.32 Å². The molecule has 0 heterocycles. The Bertz CT molecular complexity index is 438. The highest BCUT2D eigenvalue weighted by Gasteiger charge is 2.16. The third kappa shape index (κ3) is 3.66. The Balaban J connectivity index is 2.73. The number of carbonyl (C=O) groups is 1. The molecule has 0 saturated heterocycles. The van der Waals surface area contributed by atoms with Crippen molar-refractivity contribution in [3.63, 3.8) is 0 Å². The van der Waals surface area contributed by atoms with Gasteiger partial charge in [0.05, 0.1) is 17.4 Å². The van der Waals surface area contributed by atoms with Crippen LogP contribution in [0.15, 0.2) is 12.1 Å². The van der Waals surface area contributed by atoms with Gasteiger partial charge in [-0.15, -0.1) is 0 Å². The molecule has 0 radical (unpaired) electrons. The number of aliphatic hydroxyl groups is 1. The van der Waals surface area contributed by atoms with Crippen LogP contribution in [0.1, 0.15) is 30.1 Å². The predicted octanol–water partition coefficient (Wildman–Crippen LogP) is 1.44. The van der Waals surface area contributed by atoms with E-state index >= 15 is 0 Å². The fourth-order valence-corrected chi connectivity index (χ4v) is 1.52. The van der Waals surface area contributed by atoms with E-state index in [1.54, 1.807) is 0 Å². The monoisotopic (exact) mass is 258 g/mol. The van der Waals surface area contributed by atoms with E-state index in [1.807, 2.05) is 6.92 Å². The average Bonchev–Trinajstić information content (AvgIpc) is 2.31. The number of anilines is 1. The van der Waals surface area contributed by atoms with Crippen molar-refractivity contribution in [2.75, 3.05) is 12.3 Å². The van der Waals surface area contributed by atoms with Gasteiger partial charge in [-0.05, 0) is 18.6 Å². The lowest BCUT2D eigenvalue weighted by atomic mass is 10.1. The zero-order chi connectivity index (χ0) is 13.7. The van der Waals surface area contributed by atoms with Gasteiger partial charge in [0, 0.05) is 6.54 Å². The lowest BCUT2D eigenvalue weighted by Gasteiger charge is -2.11. The quantitative estimate of drug-likeness (QED) is 0.699. The summed E-state index contributed by atoms with van der Waals surface area (Å²) in [5, 5.41) is 11.7. The Kier molecular flexibility index (Phi) is 5.03. The molecule has 0 aromatic heterocycles. The summed E-state index contributed by atoms with van der Waals surface area (Å²) in [6.07, 6.45) is 0.583. The van der Waals surface area contributed by atoms with Crippen molar-refractivity contribution in [1.29, 1.82) is 0 Å². The van der Waals surface area contributed by atoms with Gasteiger partial charge in [-0.25, -0.2) is 8.78 Å². The normalized spacial score (nSPS) is 12.2. The Labute approximate surface area is 104 Å². The molecule has 1 amide bonds. The lowest BCUT2D eigenvalue weighted by molar-refractivity contribution is 0.0906. The fraction of sp³-hybridized carbons (Fsp3) is 0.417. The molecule has 6 heteroatoms. The first-order valence-corrected chi connectivity index (χ1v) is 5.66. The maximum atomic E-state index is 13.5. The summed E-state index contributed by atoms with van der Waals surface area (Å²) in [6.45, 7) is 1.88. The number of rotatable bonds is 5. The van der Waals surface area contributed by atoms with E-state index in [1.165, 1.54) is 0 Å². The topological polar surface area (TPSA) is 75.3 Å². The minimum Gasteiger partial charge on any atom is -0.396 e. The van der Waals surface area contributed by atoms with Crippen LogP contribution in [0, 0.1) is 11.6 Å². The third-order valence-corrected chi connectivity index (χ3v) is 2.43. The number of amides is 1. The van der Waals surface area contributed by atoms with Crippen molar-refractivity contribution in [3.8, 4) is 0 Å². The first-order chi connectivity index (χ1) is 8.45. The van der Waals surface area contributed by atoms with Crippen LogP contribution in [0.25, 0.3) is 0 Å². The molecule has 1 unspecified atom stereocenters. The van der Waals surface area contributed by atoms with Crippen molar-refractivity contribution in [2.45, 2.75) is 25.9 Å². The van der Waals surface area contributed by atoms with Crippen molar-refractivity contribution in [2.24, 2.45) is 0 Å². The van der Waals surface area contributed by atoms with Gasteiger partial charge in [-0.3, -0.25) is 4.79 Å². The zero-order valence-corrected chi connectivity index (χ0v) is 10.0. The molecule has 1 rings (SSSR count). The Morgan fingerprint density at radius 2 is 2.17 bits per heavy atom. The summed E-state index contributed by atoms with van der Waals surface area (Å²) in [5.41, 5.74) is 4.33. The Hall–Kier alpha value is -1.69. The van der Waals surface area contributed by atoms with Crippen molar-refractivity contribution in [1.82, 2.24) is 5.32 Å². The highest BCUT2D eigenvalue weighted by Crippen LogP contribution is 2.17. The summed E-state index contributed by atoms with van der Waals surface area (Å²) in [4.78, 5) is 11.6. The molecule has 0 aliphatic heterocycles. The molecule has 0 saturated carbocycles. The van der Waals surface area contributed by atoms with Crippen LogP contribution < -0.4 is 11.1 Å². The molecule has 18 heavy (non-hydrogen) atoms. The van der Waals surface area contributed by atoms with Gasteiger partial charge in [0.2, 0.25) is 0 Å². The number of nitrogens with one attached hydrogen (secondary N) is 1. The maximum Gasteiger partial charge on any atom is 0.254 e. The maximum absolute atomic E-state index is 13.5. The summed E-state index contributed by atoms with van der Waals surface area (Å²) >= 11 is 0. The Morgan fingerprint density at radius 3 is 2.78 bits per heavy atom. The molecule has 0 aliphatic rings. The van der Waals surface area contributed by atoms with E-state index in [-0.39, 0.29) is 6.54 Å². The molecule has 0 aliphatic carbocycles. The first kappa shape index (κ1) is 14.4. The molecule has 1 atom stereocenters. The number of carbonyl (C=O) groups excluding carboxylic acids is 1. The fourth-order valence-electron chi connectivity index (χ4n) is 1.52. The molecule has 1 aromatic carbocycles. The summed E-state index contributed by atoms with van der Waals surface area (Å²) in [7, 11) is 0. The second kappa shape index (κ2) is 6.30. The second-order valence-electron chi connectivity index (χ2n) is 4.01. The molecule has 0 bridgehead atoms. The average molecular weight is 258 g/mol. The van der Waals surface area contributed by atoms with Crippen molar-refractivity contribution >= 4 is 11.6 Å². The minimum absolute atomic E-state index is 0.0114. The number of benzene rings is 1. The molecule has 1 aromatic rings. The van der Waals surface area contributed by atoms with Gasteiger partial charge < -0.3 is 16.2 Å². The summed E-state index contributed by atoms with van der Waals surface area (Å²) < 4.78 is 26.5. The number of hydrogen-bond donors (Lipinski definition) is 3. The highest BCUT2D eigenvalue weighted by molar-refractivity contribution is 5.95. The summed E-state index contributed by atoms with van der Waals surface area (Å²) in [5.74, 6) is -2.54. The largest absolute Gasteiger partial charge is 0.396 e. The van der Waals surface area contributed by atoms with E-state index in [0.717, 1.165) is 18.6 Å². The summed E-state index contributed by atoms with van der Waals surface area (Å²) in [6, 6.07) is 1.57. The molecule has 4 N–H and O–H groups in total. The molecule has 0 fully saturated rings. The van der Waals surface area contributed by atoms with Crippen LogP contribution in [0.4, 0.5) is 14.5 Å². The van der Waals surface area contributed by atoms with Crippen LogP contribution in [0.5, 0.6) is 0 Å². The number of hydrogen-bond acceptors (Lipinski definition) is 3. The van der Waals surface area contributed by atoms with E-state index < -0.39 is 34.9 Å². The predicted molar refractivity (Wildman–Crippen MR) is 64.0 cm³/mol. The zero-order valence-electron chi connectivity index (χ0n) is 10.0. The van der Waals surface area contributed by atoms with Gasteiger partial charge in [-0.1, -0.05) is 13.3 Å². The number of nitrogens with two attached hydrogens (primary N) is 1. The lowest BCUT2D eigenvalue weighted by Crippen LogP contribution is -2.32. The standard InChI is InChI=1S/C12H16F2N2O2/c1-2-3-8(17)6-16-12(18)9-4-7(13)5-10(15)11(9)14/h4-5,8,17H,2-3,6,15H2,1H3,(H,16,18). The van der Waals surface area contributed by atoms with Gasteiger partial charge in [0.15, 0.2) is 5.82 Å². The van der Waals surface area contributed by atoms with Crippen LogP contribution in [0.3, 0.4) is 0 Å². The number of halogens is 2. The molecule has 100 valence electrons. The molecule has 0 spiro atoms. The van der Waals surface area contributed by atoms with Crippen molar-refractivity contribution in [3.05, 3.63) is 29.3 Å². The number of nitrogen functional groups attached to an aromatic ring is 1. The number of aliphatic hydroxyl groups excluding tert-OH is 1. The molecular weight excluding hydrogens is 242 g/mol. The van der Waals surface area contributed by atoms with Crippen LogP contribution >= 0.6 is 0 Å².